The van der Waals surface area contributed by atoms with Gasteiger partial charge < -0.3 is 15.7 Å². The van der Waals surface area contributed by atoms with Crippen molar-refractivity contribution in [1.29, 1.82) is 0 Å². The summed E-state index contributed by atoms with van der Waals surface area (Å²) in [7, 11) is 0. The molecule has 0 saturated heterocycles. The topological polar surface area (TPSA) is 93.6 Å². The fourth-order valence-corrected chi connectivity index (χ4v) is 1.60. The standard InChI is InChI=1S/C13H14N4O2/c1-8-3-4-11(9(2)7-8)19-13-15-6-5-10(16-13)12(14)17-18/h3-7,18H,1-2H3,(H2,14,17). The van der Waals surface area contributed by atoms with Crippen molar-refractivity contribution in [3.8, 4) is 11.8 Å². The van der Waals surface area contributed by atoms with Gasteiger partial charge in [-0.2, -0.15) is 4.98 Å². The van der Waals surface area contributed by atoms with Crippen LogP contribution in [0.3, 0.4) is 0 Å². The quantitative estimate of drug-likeness (QED) is 0.380. The molecule has 0 unspecified atom stereocenters. The molecule has 0 fully saturated rings. The monoisotopic (exact) mass is 258 g/mol. The second kappa shape index (κ2) is 5.34. The molecular weight excluding hydrogens is 244 g/mol. The SMILES string of the molecule is Cc1ccc(Oc2nccc(/C(N)=N/O)n2)c(C)c1. The normalized spacial score (nSPS) is 11.4. The number of ether oxygens (including phenoxy) is 1. The van der Waals surface area contributed by atoms with E-state index in [9.17, 15) is 0 Å². The van der Waals surface area contributed by atoms with E-state index in [4.69, 9.17) is 15.7 Å². The van der Waals surface area contributed by atoms with Gasteiger partial charge in [0, 0.05) is 6.20 Å². The molecule has 19 heavy (non-hydrogen) atoms. The average Bonchev–Trinajstić information content (AvgIpc) is 2.41. The molecule has 0 radical (unpaired) electrons. The second-order valence-corrected chi connectivity index (χ2v) is 4.08. The number of hydrogen-bond donors (Lipinski definition) is 2. The van der Waals surface area contributed by atoms with Crippen LogP contribution in [0.5, 0.6) is 11.8 Å². The minimum atomic E-state index is -0.0899. The third kappa shape index (κ3) is 2.98. The van der Waals surface area contributed by atoms with Gasteiger partial charge in [0.25, 0.3) is 0 Å². The molecule has 1 aromatic carbocycles. The van der Waals surface area contributed by atoms with E-state index < -0.39 is 0 Å². The van der Waals surface area contributed by atoms with Crippen LogP contribution in [-0.4, -0.2) is 21.0 Å². The first-order chi connectivity index (χ1) is 9.10. The second-order valence-electron chi connectivity index (χ2n) is 4.08. The number of aromatic nitrogens is 2. The first-order valence-electron chi connectivity index (χ1n) is 5.66. The fraction of sp³-hybridized carbons (Fsp3) is 0.154. The molecule has 0 saturated carbocycles. The summed E-state index contributed by atoms with van der Waals surface area (Å²) in [5, 5.41) is 11.5. The highest BCUT2D eigenvalue weighted by Gasteiger charge is 2.07. The molecule has 0 amide bonds. The maximum Gasteiger partial charge on any atom is 0.322 e. The van der Waals surface area contributed by atoms with Gasteiger partial charge in [-0.05, 0) is 31.5 Å². The summed E-state index contributed by atoms with van der Waals surface area (Å²) in [6.45, 7) is 3.95. The Morgan fingerprint density at radius 2 is 2.11 bits per heavy atom. The van der Waals surface area contributed by atoms with Crippen molar-refractivity contribution < 1.29 is 9.94 Å². The van der Waals surface area contributed by atoms with Gasteiger partial charge in [-0.3, -0.25) is 0 Å². The summed E-state index contributed by atoms with van der Waals surface area (Å²) in [5.41, 5.74) is 7.90. The van der Waals surface area contributed by atoms with Crippen LogP contribution in [0, 0.1) is 13.8 Å². The summed E-state index contributed by atoms with van der Waals surface area (Å²) < 4.78 is 5.59. The van der Waals surface area contributed by atoms with Crippen molar-refractivity contribution >= 4 is 5.84 Å². The van der Waals surface area contributed by atoms with E-state index in [1.807, 2.05) is 32.0 Å². The third-order valence-corrected chi connectivity index (χ3v) is 2.54. The lowest BCUT2D eigenvalue weighted by Gasteiger charge is -2.08. The highest BCUT2D eigenvalue weighted by molar-refractivity contribution is 5.95. The Labute approximate surface area is 110 Å². The Balaban J connectivity index is 2.28. The fourth-order valence-electron chi connectivity index (χ4n) is 1.60. The molecule has 0 aliphatic rings. The van der Waals surface area contributed by atoms with Crippen molar-refractivity contribution in [3.05, 3.63) is 47.3 Å². The molecule has 0 spiro atoms. The molecule has 98 valence electrons. The van der Waals surface area contributed by atoms with Crippen LogP contribution in [0.25, 0.3) is 0 Å². The highest BCUT2D eigenvalue weighted by atomic mass is 16.5. The number of hydrogen-bond acceptors (Lipinski definition) is 5. The van der Waals surface area contributed by atoms with E-state index in [0.29, 0.717) is 11.4 Å². The molecule has 2 aromatic rings. The number of rotatable bonds is 3. The van der Waals surface area contributed by atoms with Crippen molar-refractivity contribution in [2.75, 3.05) is 0 Å². The lowest BCUT2D eigenvalue weighted by atomic mass is 10.1. The minimum Gasteiger partial charge on any atom is -0.424 e. The molecule has 6 nitrogen and oxygen atoms in total. The summed E-state index contributed by atoms with van der Waals surface area (Å²) in [6, 6.07) is 7.48. The van der Waals surface area contributed by atoms with Gasteiger partial charge in [0.15, 0.2) is 5.84 Å². The lowest BCUT2D eigenvalue weighted by molar-refractivity contribution is 0.318. The molecule has 0 bridgehead atoms. The van der Waals surface area contributed by atoms with E-state index in [1.165, 1.54) is 12.3 Å². The third-order valence-electron chi connectivity index (χ3n) is 2.54. The Kier molecular flexibility index (Phi) is 3.61. The van der Waals surface area contributed by atoms with Gasteiger partial charge in [-0.1, -0.05) is 22.9 Å². The van der Waals surface area contributed by atoms with Crippen molar-refractivity contribution in [1.82, 2.24) is 9.97 Å². The van der Waals surface area contributed by atoms with E-state index in [1.54, 1.807) is 0 Å². The molecular formula is C13H14N4O2. The molecule has 6 heteroatoms. The number of aryl methyl sites for hydroxylation is 2. The van der Waals surface area contributed by atoms with Crippen molar-refractivity contribution in [2.45, 2.75) is 13.8 Å². The van der Waals surface area contributed by atoms with Gasteiger partial charge in [-0.15, -0.1) is 0 Å². The molecule has 2 rings (SSSR count). The van der Waals surface area contributed by atoms with E-state index in [-0.39, 0.29) is 11.8 Å². The van der Waals surface area contributed by atoms with E-state index in [2.05, 4.69) is 15.1 Å². The van der Waals surface area contributed by atoms with Crippen LogP contribution < -0.4 is 10.5 Å². The predicted molar refractivity (Wildman–Crippen MR) is 70.5 cm³/mol. The predicted octanol–water partition coefficient (Wildman–Crippen LogP) is 1.98. The molecule has 0 aliphatic heterocycles. The first-order valence-corrected chi connectivity index (χ1v) is 5.66. The van der Waals surface area contributed by atoms with Crippen LogP contribution in [0.1, 0.15) is 16.8 Å². The van der Waals surface area contributed by atoms with Gasteiger partial charge in [0.05, 0.1) is 0 Å². The zero-order chi connectivity index (χ0) is 13.8. The molecule has 3 N–H and O–H groups in total. The summed E-state index contributed by atoms with van der Waals surface area (Å²) in [6.07, 6.45) is 1.49. The van der Waals surface area contributed by atoms with Gasteiger partial charge in [0.2, 0.25) is 0 Å². The van der Waals surface area contributed by atoms with Crippen LogP contribution in [0.4, 0.5) is 0 Å². The average molecular weight is 258 g/mol. The first kappa shape index (κ1) is 12.8. The maximum absolute atomic E-state index is 8.61. The van der Waals surface area contributed by atoms with Crippen molar-refractivity contribution in [3.63, 3.8) is 0 Å². The number of benzene rings is 1. The summed E-state index contributed by atoms with van der Waals surface area (Å²) in [5.74, 6) is 0.579. The molecule has 1 heterocycles. The van der Waals surface area contributed by atoms with Crippen LogP contribution >= 0.6 is 0 Å². The smallest absolute Gasteiger partial charge is 0.322 e. The Hall–Kier alpha value is -2.63. The van der Waals surface area contributed by atoms with E-state index >= 15 is 0 Å². The van der Waals surface area contributed by atoms with Crippen LogP contribution in [0.15, 0.2) is 35.6 Å². The Morgan fingerprint density at radius 1 is 1.32 bits per heavy atom. The number of amidine groups is 1. The molecule has 0 atom stereocenters. The summed E-state index contributed by atoms with van der Waals surface area (Å²) in [4.78, 5) is 8.04. The van der Waals surface area contributed by atoms with Gasteiger partial charge >= 0.3 is 6.01 Å². The minimum absolute atomic E-state index is 0.0899. The highest BCUT2D eigenvalue weighted by Crippen LogP contribution is 2.23. The van der Waals surface area contributed by atoms with Crippen LogP contribution in [0.2, 0.25) is 0 Å². The number of nitrogens with two attached hydrogens (primary N) is 1. The largest absolute Gasteiger partial charge is 0.424 e. The number of nitrogens with zero attached hydrogens (tertiary/aromatic N) is 3. The zero-order valence-electron chi connectivity index (χ0n) is 10.7. The number of oxime groups is 1. The van der Waals surface area contributed by atoms with E-state index in [0.717, 1.165) is 11.1 Å². The van der Waals surface area contributed by atoms with Crippen LogP contribution in [-0.2, 0) is 0 Å². The van der Waals surface area contributed by atoms with Crippen molar-refractivity contribution in [2.24, 2.45) is 10.9 Å². The zero-order valence-corrected chi connectivity index (χ0v) is 10.7. The Morgan fingerprint density at radius 3 is 2.79 bits per heavy atom. The van der Waals surface area contributed by atoms with Gasteiger partial charge in [0.1, 0.15) is 11.4 Å². The van der Waals surface area contributed by atoms with Gasteiger partial charge in [-0.25, -0.2) is 4.98 Å². The summed E-state index contributed by atoms with van der Waals surface area (Å²) >= 11 is 0. The lowest BCUT2D eigenvalue weighted by Crippen LogP contribution is -2.15. The molecule has 0 aliphatic carbocycles. The Bertz CT molecular complexity index is 626. The molecule has 1 aromatic heterocycles. The maximum atomic E-state index is 8.61.